The van der Waals surface area contributed by atoms with Crippen molar-refractivity contribution in [2.24, 2.45) is 5.92 Å². The van der Waals surface area contributed by atoms with E-state index in [1.165, 1.54) is 42.1 Å². The topological polar surface area (TPSA) is 0 Å². The maximum atomic E-state index is 3.82. The van der Waals surface area contributed by atoms with Gasteiger partial charge < -0.3 is 0 Å². The molecule has 2 atom stereocenters. The molecule has 0 radical (unpaired) electrons. The van der Waals surface area contributed by atoms with Crippen molar-refractivity contribution in [3.63, 3.8) is 0 Å². The molecule has 2 rings (SSSR count). The van der Waals surface area contributed by atoms with E-state index in [-0.39, 0.29) is 0 Å². The van der Waals surface area contributed by atoms with Crippen LogP contribution in [0.2, 0.25) is 0 Å². The Morgan fingerprint density at radius 1 is 1.20 bits per heavy atom. The van der Waals surface area contributed by atoms with Crippen molar-refractivity contribution in [1.82, 2.24) is 0 Å². The van der Waals surface area contributed by atoms with E-state index in [1.807, 2.05) is 0 Å². The molecule has 0 saturated heterocycles. The van der Waals surface area contributed by atoms with Gasteiger partial charge in [0.05, 0.1) is 0 Å². The van der Waals surface area contributed by atoms with Crippen molar-refractivity contribution in [2.75, 3.05) is 0 Å². The van der Waals surface area contributed by atoms with Gasteiger partial charge in [-0.3, -0.25) is 0 Å². The van der Waals surface area contributed by atoms with Crippen LogP contribution >= 0.6 is 31.9 Å². The van der Waals surface area contributed by atoms with Crippen LogP contribution in [-0.2, 0) is 6.42 Å². The van der Waals surface area contributed by atoms with Crippen molar-refractivity contribution in [3.8, 4) is 0 Å². The summed E-state index contributed by atoms with van der Waals surface area (Å²) in [6, 6.07) is 8.70. The molecule has 2 unspecified atom stereocenters. The molecule has 1 aliphatic carbocycles. The lowest BCUT2D eigenvalue weighted by atomic mass is 9.85. The Morgan fingerprint density at radius 3 is 2.73 bits per heavy atom. The predicted molar refractivity (Wildman–Crippen MR) is 72.5 cm³/mol. The Hall–Kier alpha value is 0.180. The smallest absolute Gasteiger partial charge is 0.0177 e. The van der Waals surface area contributed by atoms with Crippen LogP contribution < -0.4 is 0 Å². The number of halogens is 2. The molecule has 1 aliphatic rings. The lowest BCUT2D eigenvalue weighted by molar-refractivity contribution is 0.373. The Balaban J connectivity index is 2.01. The van der Waals surface area contributed by atoms with Crippen molar-refractivity contribution >= 4 is 31.9 Å². The standard InChI is InChI=1S/C13H16Br2/c14-12-6-3-4-10(9-12)8-11-5-1-2-7-13(11)15/h3-4,6,9,11,13H,1-2,5,7-8H2. The summed E-state index contributed by atoms with van der Waals surface area (Å²) in [4.78, 5) is 0.727. The molecule has 15 heavy (non-hydrogen) atoms. The molecule has 0 amide bonds. The third-order valence-electron chi connectivity index (χ3n) is 3.20. The Kier molecular flexibility index (Phi) is 4.27. The van der Waals surface area contributed by atoms with E-state index < -0.39 is 0 Å². The summed E-state index contributed by atoms with van der Waals surface area (Å²) < 4.78 is 1.20. The first kappa shape index (κ1) is 11.7. The first-order valence-corrected chi connectivity index (χ1v) is 7.35. The molecule has 2 heteroatoms. The lowest BCUT2D eigenvalue weighted by Crippen LogP contribution is -2.21. The molecule has 0 bridgehead atoms. The summed E-state index contributed by atoms with van der Waals surface area (Å²) in [7, 11) is 0. The molecule has 1 saturated carbocycles. The van der Waals surface area contributed by atoms with Crippen LogP contribution in [0.25, 0.3) is 0 Å². The molecule has 1 aromatic rings. The van der Waals surface area contributed by atoms with Gasteiger partial charge in [0.25, 0.3) is 0 Å². The number of hydrogen-bond donors (Lipinski definition) is 0. The van der Waals surface area contributed by atoms with Crippen molar-refractivity contribution in [3.05, 3.63) is 34.3 Å². The third-order valence-corrected chi connectivity index (χ3v) is 4.90. The fourth-order valence-electron chi connectivity index (χ4n) is 2.36. The molecule has 82 valence electrons. The zero-order valence-electron chi connectivity index (χ0n) is 8.76. The van der Waals surface area contributed by atoms with Crippen LogP contribution in [0.15, 0.2) is 28.7 Å². The second kappa shape index (κ2) is 5.49. The van der Waals surface area contributed by atoms with E-state index in [9.17, 15) is 0 Å². The van der Waals surface area contributed by atoms with E-state index in [0.717, 1.165) is 10.7 Å². The van der Waals surface area contributed by atoms with Crippen LogP contribution in [0.3, 0.4) is 0 Å². The van der Waals surface area contributed by atoms with Crippen LogP contribution in [0.5, 0.6) is 0 Å². The third kappa shape index (κ3) is 3.32. The van der Waals surface area contributed by atoms with Gasteiger partial charge >= 0.3 is 0 Å². The Morgan fingerprint density at radius 2 is 2.00 bits per heavy atom. The monoisotopic (exact) mass is 330 g/mol. The largest absolute Gasteiger partial charge is 0.0888 e. The lowest BCUT2D eigenvalue weighted by Gasteiger charge is -2.27. The minimum Gasteiger partial charge on any atom is -0.0888 e. The fraction of sp³-hybridized carbons (Fsp3) is 0.538. The van der Waals surface area contributed by atoms with Crippen molar-refractivity contribution in [2.45, 2.75) is 36.9 Å². The normalized spacial score (nSPS) is 26.5. The minimum atomic E-state index is 0.727. The molecule has 0 heterocycles. The molecule has 1 fully saturated rings. The zero-order valence-corrected chi connectivity index (χ0v) is 11.9. The highest BCUT2D eigenvalue weighted by Crippen LogP contribution is 2.32. The van der Waals surface area contributed by atoms with Crippen molar-refractivity contribution in [1.29, 1.82) is 0 Å². The maximum Gasteiger partial charge on any atom is 0.0177 e. The van der Waals surface area contributed by atoms with E-state index in [0.29, 0.717) is 0 Å². The minimum absolute atomic E-state index is 0.727. The highest BCUT2D eigenvalue weighted by atomic mass is 79.9. The van der Waals surface area contributed by atoms with Gasteiger partial charge in [0, 0.05) is 9.30 Å². The van der Waals surface area contributed by atoms with Crippen LogP contribution in [0, 0.1) is 5.92 Å². The van der Waals surface area contributed by atoms with E-state index in [2.05, 4.69) is 56.1 Å². The van der Waals surface area contributed by atoms with Crippen LogP contribution in [0.1, 0.15) is 31.2 Å². The second-order valence-electron chi connectivity index (χ2n) is 4.39. The SMILES string of the molecule is Brc1cccc(CC2CCCCC2Br)c1. The first-order chi connectivity index (χ1) is 7.25. The van der Waals surface area contributed by atoms with E-state index in [4.69, 9.17) is 0 Å². The number of alkyl halides is 1. The van der Waals surface area contributed by atoms with E-state index in [1.54, 1.807) is 0 Å². The van der Waals surface area contributed by atoms with Crippen molar-refractivity contribution < 1.29 is 0 Å². The highest BCUT2D eigenvalue weighted by molar-refractivity contribution is 9.10. The molecular formula is C13H16Br2. The first-order valence-electron chi connectivity index (χ1n) is 5.64. The fourth-order valence-corrected chi connectivity index (χ4v) is 3.58. The average Bonchev–Trinajstić information content (AvgIpc) is 2.22. The van der Waals surface area contributed by atoms with Gasteiger partial charge in [-0.05, 0) is 42.9 Å². The molecular weight excluding hydrogens is 316 g/mol. The van der Waals surface area contributed by atoms with Gasteiger partial charge in [-0.25, -0.2) is 0 Å². The summed E-state index contributed by atoms with van der Waals surface area (Å²) in [5.74, 6) is 0.827. The molecule has 0 N–H and O–H groups in total. The molecule has 0 nitrogen and oxygen atoms in total. The van der Waals surface area contributed by atoms with Crippen LogP contribution in [0.4, 0.5) is 0 Å². The average molecular weight is 332 g/mol. The molecule has 0 spiro atoms. The highest BCUT2D eigenvalue weighted by Gasteiger charge is 2.22. The van der Waals surface area contributed by atoms with Gasteiger partial charge in [-0.15, -0.1) is 0 Å². The van der Waals surface area contributed by atoms with Crippen LogP contribution in [-0.4, -0.2) is 4.83 Å². The maximum absolute atomic E-state index is 3.82. The van der Waals surface area contributed by atoms with Gasteiger partial charge in [-0.2, -0.15) is 0 Å². The molecule has 0 aromatic heterocycles. The quantitative estimate of drug-likeness (QED) is 0.673. The van der Waals surface area contributed by atoms with Gasteiger partial charge in [0.15, 0.2) is 0 Å². The second-order valence-corrected chi connectivity index (χ2v) is 6.49. The predicted octanol–water partition coefficient (Wildman–Crippen LogP) is 4.95. The summed E-state index contributed by atoms with van der Waals surface area (Å²) in [6.45, 7) is 0. The molecule has 0 aliphatic heterocycles. The number of benzene rings is 1. The number of rotatable bonds is 2. The number of hydrogen-bond acceptors (Lipinski definition) is 0. The Labute approximate surface area is 109 Å². The summed E-state index contributed by atoms with van der Waals surface area (Å²) in [6.07, 6.45) is 6.74. The summed E-state index contributed by atoms with van der Waals surface area (Å²) >= 11 is 7.35. The summed E-state index contributed by atoms with van der Waals surface area (Å²) in [5.41, 5.74) is 1.46. The zero-order chi connectivity index (χ0) is 10.7. The molecule has 1 aromatic carbocycles. The Bertz CT molecular complexity index is 322. The summed E-state index contributed by atoms with van der Waals surface area (Å²) in [5, 5.41) is 0. The van der Waals surface area contributed by atoms with Gasteiger partial charge in [-0.1, -0.05) is 56.8 Å². The van der Waals surface area contributed by atoms with E-state index >= 15 is 0 Å². The van der Waals surface area contributed by atoms with Gasteiger partial charge in [0.1, 0.15) is 0 Å². The van der Waals surface area contributed by atoms with Gasteiger partial charge in [0.2, 0.25) is 0 Å².